The Morgan fingerprint density at radius 2 is 1.47 bits per heavy atom. The molecule has 1 amide bonds. The van der Waals surface area contributed by atoms with Gasteiger partial charge in [-0.05, 0) is 32.6 Å². The highest BCUT2D eigenvalue weighted by atomic mass is 16.6. The highest BCUT2D eigenvalue weighted by Crippen LogP contribution is 2.26. The number of rotatable bonds is 5. The summed E-state index contributed by atoms with van der Waals surface area (Å²) in [5, 5.41) is 9.46. The molecule has 6 heteroatoms. The van der Waals surface area contributed by atoms with E-state index in [-0.39, 0.29) is 11.8 Å². The zero-order chi connectivity index (χ0) is 15.4. The second-order valence-corrected chi connectivity index (χ2v) is 6.24. The topological polar surface area (TPSA) is 87.7 Å². The van der Waals surface area contributed by atoms with E-state index in [2.05, 4.69) is 10.9 Å². The van der Waals surface area contributed by atoms with Gasteiger partial charge in [-0.1, -0.05) is 27.7 Å². The van der Waals surface area contributed by atoms with Crippen LogP contribution in [-0.2, 0) is 9.53 Å². The summed E-state index contributed by atoms with van der Waals surface area (Å²) in [5.41, 5.74) is 3.09. The van der Waals surface area contributed by atoms with Crippen molar-refractivity contribution in [1.29, 1.82) is 0 Å². The minimum Gasteiger partial charge on any atom is -0.480 e. The SMILES string of the molecule is CC(C)C(NNC(=O)OC(C)(C)C)(C(=O)O)C(C)C. The summed E-state index contributed by atoms with van der Waals surface area (Å²) < 4.78 is 5.07. The number of carboxylic acids is 1. The molecular formula is C13H26N2O4. The smallest absolute Gasteiger partial charge is 0.422 e. The van der Waals surface area contributed by atoms with Crippen LogP contribution < -0.4 is 10.9 Å². The van der Waals surface area contributed by atoms with E-state index in [1.54, 1.807) is 48.5 Å². The van der Waals surface area contributed by atoms with Crippen LogP contribution in [0, 0.1) is 11.8 Å². The van der Waals surface area contributed by atoms with E-state index >= 15 is 0 Å². The minimum absolute atomic E-state index is 0.208. The van der Waals surface area contributed by atoms with Crippen LogP contribution in [0.2, 0.25) is 0 Å². The van der Waals surface area contributed by atoms with Crippen LogP contribution in [0.4, 0.5) is 4.79 Å². The molecule has 0 radical (unpaired) electrons. The zero-order valence-electron chi connectivity index (χ0n) is 12.8. The van der Waals surface area contributed by atoms with Gasteiger partial charge in [0.25, 0.3) is 0 Å². The predicted molar refractivity (Wildman–Crippen MR) is 72.5 cm³/mol. The molecule has 6 nitrogen and oxygen atoms in total. The van der Waals surface area contributed by atoms with Crippen molar-refractivity contribution in [1.82, 2.24) is 10.9 Å². The fraction of sp³-hybridized carbons (Fsp3) is 0.846. The van der Waals surface area contributed by atoms with Crippen molar-refractivity contribution >= 4 is 12.1 Å². The number of carbonyl (C=O) groups excluding carboxylic acids is 1. The van der Waals surface area contributed by atoms with Crippen LogP contribution in [0.15, 0.2) is 0 Å². The number of carboxylic acid groups (broad SMARTS) is 1. The first kappa shape index (κ1) is 17.7. The fourth-order valence-corrected chi connectivity index (χ4v) is 1.96. The van der Waals surface area contributed by atoms with E-state index in [1.165, 1.54) is 0 Å². The van der Waals surface area contributed by atoms with Gasteiger partial charge in [0.1, 0.15) is 11.1 Å². The molecule has 0 aromatic heterocycles. The molecule has 0 atom stereocenters. The van der Waals surface area contributed by atoms with Crippen molar-refractivity contribution in [3.63, 3.8) is 0 Å². The largest absolute Gasteiger partial charge is 0.480 e. The first-order valence-corrected chi connectivity index (χ1v) is 6.43. The summed E-state index contributed by atoms with van der Waals surface area (Å²) >= 11 is 0. The molecule has 0 heterocycles. The van der Waals surface area contributed by atoms with Gasteiger partial charge in [0, 0.05) is 0 Å². The number of ether oxygens (including phenoxy) is 1. The summed E-state index contributed by atoms with van der Waals surface area (Å²) in [6, 6.07) is 0. The van der Waals surface area contributed by atoms with Gasteiger partial charge in [-0.3, -0.25) is 10.2 Å². The van der Waals surface area contributed by atoms with Gasteiger partial charge < -0.3 is 9.84 Å². The summed E-state index contributed by atoms with van der Waals surface area (Å²) in [6.07, 6.45) is -0.695. The molecule has 0 aliphatic rings. The summed E-state index contributed by atoms with van der Waals surface area (Å²) in [7, 11) is 0. The van der Waals surface area contributed by atoms with Crippen molar-refractivity contribution in [2.45, 2.75) is 59.6 Å². The number of carbonyl (C=O) groups is 2. The van der Waals surface area contributed by atoms with Gasteiger partial charge >= 0.3 is 12.1 Å². The molecular weight excluding hydrogens is 248 g/mol. The molecule has 3 N–H and O–H groups in total. The van der Waals surface area contributed by atoms with Crippen molar-refractivity contribution in [2.24, 2.45) is 11.8 Å². The first-order valence-electron chi connectivity index (χ1n) is 6.43. The lowest BCUT2D eigenvalue weighted by Gasteiger charge is -2.38. The van der Waals surface area contributed by atoms with Gasteiger partial charge in [0.15, 0.2) is 0 Å². The molecule has 0 rings (SSSR count). The molecule has 0 aromatic carbocycles. The third kappa shape index (κ3) is 4.70. The number of hydrazine groups is 1. The molecule has 0 spiro atoms. The zero-order valence-corrected chi connectivity index (χ0v) is 12.8. The molecule has 0 saturated carbocycles. The van der Waals surface area contributed by atoms with Gasteiger partial charge in [-0.15, -0.1) is 0 Å². The average molecular weight is 274 g/mol. The van der Waals surface area contributed by atoms with Crippen LogP contribution in [0.1, 0.15) is 48.5 Å². The van der Waals surface area contributed by atoms with Gasteiger partial charge in [-0.2, -0.15) is 0 Å². The lowest BCUT2D eigenvalue weighted by atomic mass is 9.77. The minimum atomic E-state index is -1.24. The molecule has 0 aliphatic heterocycles. The number of hydrogen-bond donors (Lipinski definition) is 3. The molecule has 112 valence electrons. The van der Waals surface area contributed by atoms with Gasteiger partial charge in [-0.25, -0.2) is 10.2 Å². The van der Waals surface area contributed by atoms with Crippen molar-refractivity contribution in [2.75, 3.05) is 0 Å². The van der Waals surface area contributed by atoms with E-state index in [4.69, 9.17) is 4.74 Å². The summed E-state index contributed by atoms with van der Waals surface area (Å²) in [4.78, 5) is 23.1. The summed E-state index contributed by atoms with van der Waals surface area (Å²) in [6.45, 7) is 12.4. The first-order chi connectivity index (χ1) is 8.43. The van der Waals surface area contributed by atoms with E-state index in [1.807, 2.05) is 0 Å². The fourth-order valence-electron chi connectivity index (χ4n) is 1.96. The van der Waals surface area contributed by atoms with Crippen LogP contribution in [0.25, 0.3) is 0 Å². The number of aliphatic carboxylic acids is 1. The van der Waals surface area contributed by atoms with Crippen LogP contribution in [0.3, 0.4) is 0 Å². The molecule has 0 unspecified atom stereocenters. The maximum atomic E-state index is 11.6. The Bertz CT molecular complexity index is 324. The molecule has 0 aromatic rings. The lowest BCUT2D eigenvalue weighted by Crippen LogP contribution is -2.65. The van der Waals surface area contributed by atoms with Gasteiger partial charge in [0.2, 0.25) is 0 Å². The predicted octanol–water partition coefficient (Wildman–Crippen LogP) is 2.15. The maximum Gasteiger partial charge on any atom is 0.422 e. The lowest BCUT2D eigenvalue weighted by molar-refractivity contribution is -0.150. The molecule has 0 bridgehead atoms. The Morgan fingerprint density at radius 3 is 1.74 bits per heavy atom. The second kappa shape index (κ2) is 6.23. The monoisotopic (exact) mass is 274 g/mol. The van der Waals surface area contributed by atoms with Crippen LogP contribution >= 0.6 is 0 Å². The van der Waals surface area contributed by atoms with E-state index < -0.39 is 23.2 Å². The van der Waals surface area contributed by atoms with Crippen LogP contribution in [-0.4, -0.2) is 28.3 Å². The van der Waals surface area contributed by atoms with Crippen molar-refractivity contribution in [3.8, 4) is 0 Å². The number of amides is 1. The summed E-state index contributed by atoms with van der Waals surface area (Å²) in [5.74, 6) is -1.42. The van der Waals surface area contributed by atoms with Crippen molar-refractivity contribution < 1.29 is 19.4 Å². The molecule has 19 heavy (non-hydrogen) atoms. The Morgan fingerprint density at radius 1 is 1.05 bits per heavy atom. The van der Waals surface area contributed by atoms with E-state index in [0.29, 0.717) is 0 Å². The Kier molecular flexibility index (Phi) is 5.81. The van der Waals surface area contributed by atoms with E-state index in [0.717, 1.165) is 0 Å². The van der Waals surface area contributed by atoms with Crippen molar-refractivity contribution in [3.05, 3.63) is 0 Å². The average Bonchev–Trinajstić information content (AvgIpc) is 2.13. The van der Waals surface area contributed by atoms with E-state index in [9.17, 15) is 14.7 Å². The maximum absolute atomic E-state index is 11.6. The Balaban J connectivity index is 4.87. The highest BCUT2D eigenvalue weighted by Gasteiger charge is 2.45. The third-order valence-corrected chi connectivity index (χ3v) is 2.95. The normalized spacial score (nSPS) is 12.7. The number of nitrogens with one attached hydrogen (secondary N) is 2. The Hall–Kier alpha value is -1.30. The third-order valence-electron chi connectivity index (χ3n) is 2.95. The van der Waals surface area contributed by atoms with Gasteiger partial charge in [0.05, 0.1) is 0 Å². The highest BCUT2D eigenvalue weighted by molar-refractivity contribution is 5.80. The molecule has 0 fully saturated rings. The standard InChI is InChI=1S/C13H26N2O4/c1-8(2)13(9(3)4,10(16)17)15-14-11(18)19-12(5,6)7/h8-9,15H,1-7H3,(H,14,18)(H,16,17). The van der Waals surface area contributed by atoms with Crippen LogP contribution in [0.5, 0.6) is 0 Å². The molecule has 0 saturated heterocycles. The number of hydrogen-bond acceptors (Lipinski definition) is 4. The second-order valence-electron chi connectivity index (χ2n) is 6.24. The quantitative estimate of drug-likeness (QED) is 0.669. The Labute approximate surface area is 114 Å². The molecule has 0 aliphatic carbocycles.